The van der Waals surface area contributed by atoms with E-state index in [1.165, 1.54) is 25.3 Å². The molecule has 6 rings (SSSR count). The predicted molar refractivity (Wildman–Crippen MR) is 109 cm³/mol. The molecule has 2 aromatic rings. The van der Waals surface area contributed by atoms with Crippen LogP contribution in [0.2, 0.25) is 0 Å². The molecule has 1 aromatic heterocycles. The number of amides is 1. The minimum atomic E-state index is -0.463. The number of hydrogen-bond acceptors (Lipinski definition) is 5. The van der Waals surface area contributed by atoms with E-state index in [9.17, 15) is 14.9 Å². The highest BCUT2D eigenvalue weighted by Crippen LogP contribution is 2.55. The molecule has 4 fully saturated rings. The number of nitro benzene ring substituents is 1. The van der Waals surface area contributed by atoms with Gasteiger partial charge in [0.15, 0.2) is 11.5 Å². The number of nitrogens with one attached hydrogen (secondary N) is 1. The van der Waals surface area contributed by atoms with Crippen molar-refractivity contribution in [1.82, 2.24) is 5.32 Å². The van der Waals surface area contributed by atoms with Gasteiger partial charge in [0.2, 0.25) is 0 Å². The van der Waals surface area contributed by atoms with Gasteiger partial charge in [0.25, 0.3) is 5.91 Å². The average Bonchev–Trinajstić information content (AvgIpc) is 3.14. The molecule has 158 valence electrons. The van der Waals surface area contributed by atoms with Crippen LogP contribution in [0.3, 0.4) is 0 Å². The highest BCUT2D eigenvalue weighted by Gasteiger charge is 2.51. The van der Waals surface area contributed by atoms with Crippen molar-refractivity contribution in [1.29, 1.82) is 0 Å². The van der Waals surface area contributed by atoms with E-state index >= 15 is 0 Å². The third-order valence-electron chi connectivity index (χ3n) is 6.98. The summed E-state index contributed by atoms with van der Waals surface area (Å²) in [6.07, 6.45) is 7.21. The number of hydrogen-bond donors (Lipinski definition) is 1. The third-order valence-corrected chi connectivity index (χ3v) is 6.98. The Kier molecular flexibility index (Phi) is 4.56. The molecule has 4 aliphatic carbocycles. The summed E-state index contributed by atoms with van der Waals surface area (Å²) in [6, 6.07) is 8.15. The summed E-state index contributed by atoms with van der Waals surface area (Å²) in [5, 5.41) is 14.5. The largest absolute Gasteiger partial charge is 0.479 e. The summed E-state index contributed by atoms with van der Waals surface area (Å²) in [7, 11) is 0. The van der Waals surface area contributed by atoms with Crippen LogP contribution in [-0.4, -0.2) is 16.4 Å². The smallest absolute Gasteiger partial charge is 0.311 e. The Morgan fingerprint density at radius 1 is 1.17 bits per heavy atom. The average molecular weight is 410 g/mol. The van der Waals surface area contributed by atoms with Gasteiger partial charge < -0.3 is 14.5 Å². The fraction of sp³-hybridized carbons (Fsp3) is 0.522. The molecule has 0 unspecified atom stereocenters. The SMILES string of the molecule is Cc1ccc(OCc2ccc(C(=O)NC34CC5CC(CC(C5)C3)C4)o2)c([N+](=O)[O-])c1. The second-order valence-corrected chi connectivity index (χ2v) is 9.43. The lowest BCUT2D eigenvalue weighted by Crippen LogP contribution is -2.59. The molecule has 0 spiro atoms. The van der Waals surface area contributed by atoms with Crippen molar-refractivity contribution in [2.24, 2.45) is 17.8 Å². The van der Waals surface area contributed by atoms with E-state index in [1.807, 2.05) is 0 Å². The fourth-order valence-electron chi connectivity index (χ4n) is 6.18. The molecule has 0 radical (unpaired) electrons. The van der Waals surface area contributed by atoms with Gasteiger partial charge in [-0.05, 0) is 87.0 Å². The van der Waals surface area contributed by atoms with Crippen LogP contribution in [-0.2, 0) is 6.61 Å². The van der Waals surface area contributed by atoms with E-state index in [0.717, 1.165) is 42.6 Å². The van der Waals surface area contributed by atoms with Gasteiger partial charge in [0.1, 0.15) is 12.4 Å². The third kappa shape index (κ3) is 3.57. The number of nitro groups is 1. The summed E-state index contributed by atoms with van der Waals surface area (Å²) < 4.78 is 11.3. The summed E-state index contributed by atoms with van der Waals surface area (Å²) in [6.45, 7) is 1.81. The van der Waals surface area contributed by atoms with Crippen LogP contribution in [0.25, 0.3) is 0 Å². The Balaban J connectivity index is 1.24. The normalized spacial score (nSPS) is 29.0. The van der Waals surface area contributed by atoms with E-state index in [0.29, 0.717) is 5.76 Å². The van der Waals surface area contributed by atoms with Gasteiger partial charge in [-0.2, -0.15) is 0 Å². The number of aryl methyl sites for hydroxylation is 1. The van der Waals surface area contributed by atoms with Crippen molar-refractivity contribution in [2.75, 3.05) is 0 Å². The Morgan fingerprint density at radius 3 is 2.47 bits per heavy atom. The maximum atomic E-state index is 12.9. The van der Waals surface area contributed by atoms with Crippen molar-refractivity contribution in [3.8, 4) is 5.75 Å². The van der Waals surface area contributed by atoms with Gasteiger partial charge in [-0.3, -0.25) is 14.9 Å². The van der Waals surface area contributed by atoms with Crippen LogP contribution in [0.1, 0.15) is 60.4 Å². The van der Waals surface area contributed by atoms with E-state index in [4.69, 9.17) is 9.15 Å². The first-order valence-electron chi connectivity index (χ1n) is 10.7. The molecule has 0 atom stereocenters. The molecule has 1 amide bonds. The molecular weight excluding hydrogens is 384 g/mol. The summed E-state index contributed by atoms with van der Waals surface area (Å²) >= 11 is 0. The lowest BCUT2D eigenvalue weighted by atomic mass is 9.53. The first kappa shape index (κ1) is 19.2. The van der Waals surface area contributed by atoms with Crippen LogP contribution in [0.15, 0.2) is 34.7 Å². The number of ether oxygens (including phenoxy) is 1. The van der Waals surface area contributed by atoms with Gasteiger partial charge in [-0.15, -0.1) is 0 Å². The number of carbonyl (C=O) groups is 1. The molecular formula is C23H26N2O5. The van der Waals surface area contributed by atoms with E-state index in [-0.39, 0.29) is 35.3 Å². The summed E-state index contributed by atoms with van der Waals surface area (Å²) in [5.74, 6) is 2.99. The zero-order valence-electron chi connectivity index (χ0n) is 17.1. The lowest BCUT2D eigenvalue weighted by molar-refractivity contribution is -0.386. The molecule has 4 aliphatic rings. The molecule has 7 heteroatoms. The monoisotopic (exact) mass is 410 g/mol. The molecule has 1 N–H and O–H groups in total. The lowest BCUT2D eigenvalue weighted by Gasteiger charge is -2.56. The first-order chi connectivity index (χ1) is 14.4. The Bertz CT molecular complexity index is 960. The molecule has 1 aromatic carbocycles. The van der Waals surface area contributed by atoms with Crippen molar-refractivity contribution >= 4 is 11.6 Å². The predicted octanol–water partition coefficient (Wildman–Crippen LogP) is 4.77. The zero-order chi connectivity index (χ0) is 20.9. The zero-order valence-corrected chi connectivity index (χ0v) is 17.1. The number of nitrogens with zero attached hydrogens (tertiary/aromatic N) is 1. The molecule has 4 saturated carbocycles. The molecule has 1 heterocycles. The molecule has 4 bridgehead atoms. The Morgan fingerprint density at radius 2 is 1.83 bits per heavy atom. The van der Waals surface area contributed by atoms with Crippen LogP contribution in [0.5, 0.6) is 5.75 Å². The van der Waals surface area contributed by atoms with Gasteiger partial charge in [0.05, 0.1) is 4.92 Å². The van der Waals surface area contributed by atoms with Crippen LogP contribution >= 0.6 is 0 Å². The van der Waals surface area contributed by atoms with Crippen LogP contribution in [0.4, 0.5) is 5.69 Å². The van der Waals surface area contributed by atoms with Gasteiger partial charge in [-0.1, -0.05) is 6.07 Å². The van der Waals surface area contributed by atoms with E-state index < -0.39 is 4.92 Å². The summed E-state index contributed by atoms with van der Waals surface area (Å²) in [5.41, 5.74) is 0.634. The van der Waals surface area contributed by atoms with Crippen molar-refractivity contribution < 1.29 is 18.9 Å². The minimum absolute atomic E-state index is 0.0224. The van der Waals surface area contributed by atoms with Crippen LogP contribution < -0.4 is 10.1 Å². The number of benzene rings is 1. The van der Waals surface area contributed by atoms with Crippen molar-refractivity contribution in [3.63, 3.8) is 0 Å². The van der Waals surface area contributed by atoms with Gasteiger partial charge in [-0.25, -0.2) is 0 Å². The van der Waals surface area contributed by atoms with E-state index in [2.05, 4.69) is 5.32 Å². The standard InChI is InChI=1S/C23H26N2O5/c1-14-2-4-20(19(6-14)25(27)28)29-13-18-3-5-21(30-18)22(26)24-23-10-15-7-16(11-23)9-17(8-15)12-23/h2-6,15-17H,7-13H2,1H3,(H,24,26). The minimum Gasteiger partial charge on any atom is -0.479 e. The second-order valence-electron chi connectivity index (χ2n) is 9.43. The molecule has 7 nitrogen and oxygen atoms in total. The topological polar surface area (TPSA) is 94.6 Å². The maximum absolute atomic E-state index is 12.9. The number of carbonyl (C=O) groups excluding carboxylic acids is 1. The van der Waals surface area contributed by atoms with Crippen molar-refractivity contribution in [3.05, 3.63) is 57.5 Å². The van der Waals surface area contributed by atoms with Crippen LogP contribution in [0, 0.1) is 34.8 Å². The quantitative estimate of drug-likeness (QED) is 0.547. The molecule has 0 aliphatic heterocycles. The fourth-order valence-corrected chi connectivity index (χ4v) is 6.18. The maximum Gasteiger partial charge on any atom is 0.311 e. The molecule has 0 saturated heterocycles. The Labute approximate surface area is 174 Å². The summed E-state index contributed by atoms with van der Waals surface area (Å²) in [4.78, 5) is 23.6. The van der Waals surface area contributed by atoms with Crippen molar-refractivity contribution in [2.45, 2.75) is 57.6 Å². The van der Waals surface area contributed by atoms with Gasteiger partial charge in [0, 0.05) is 11.6 Å². The number of rotatable bonds is 6. The molecule has 30 heavy (non-hydrogen) atoms. The second kappa shape index (κ2) is 7.15. The highest BCUT2D eigenvalue weighted by molar-refractivity contribution is 5.92. The Hall–Kier alpha value is -2.83. The number of furan rings is 1. The highest BCUT2D eigenvalue weighted by atomic mass is 16.6. The van der Waals surface area contributed by atoms with E-state index in [1.54, 1.807) is 31.2 Å². The van der Waals surface area contributed by atoms with Gasteiger partial charge >= 0.3 is 5.69 Å². The first-order valence-corrected chi connectivity index (χ1v) is 10.7.